The molecule has 0 aliphatic heterocycles. The number of quaternary nitrogens is 1. The molecule has 0 heterocycles. The Morgan fingerprint density at radius 3 is 1.73 bits per heavy atom. The molecule has 0 fully saturated rings. The lowest BCUT2D eigenvalue weighted by atomic mass is 9.88. The Bertz CT molecular complexity index is 121. The van der Waals surface area contributed by atoms with Crippen LogP contribution in [-0.4, -0.2) is 11.3 Å². The second-order valence-electron chi connectivity index (χ2n) is 3.15. The van der Waals surface area contributed by atoms with Gasteiger partial charge in [-0.1, -0.05) is 20.8 Å². The van der Waals surface area contributed by atoms with Gasteiger partial charge in [-0.3, -0.25) is 10.6 Å². The average molecular weight is 183 g/mol. The molecular formula is C6H17ClN3O+. The standard InChI is InChI=1S/C6H12ClNO.H4N2/c1-6(2,3)4(8)5(7)9;1-2/h4H,8H2,1-3H3;1-2H2/p+1/t4-;/m1./s1. The largest absolute Gasteiger partial charge is 0.320 e. The van der Waals surface area contributed by atoms with Gasteiger partial charge in [0.25, 0.3) is 0 Å². The lowest BCUT2D eigenvalue weighted by Gasteiger charge is -2.22. The highest BCUT2D eigenvalue weighted by atomic mass is 35.5. The van der Waals surface area contributed by atoms with Crippen LogP contribution in [0.4, 0.5) is 0 Å². The van der Waals surface area contributed by atoms with E-state index in [1.54, 1.807) is 0 Å². The van der Waals surface area contributed by atoms with E-state index in [1.165, 1.54) is 0 Å². The van der Waals surface area contributed by atoms with E-state index in [4.69, 9.17) is 17.3 Å². The Balaban J connectivity index is 0. The van der Waals surface area contributed by atoms with Gasteiger partial charge >= 0.3 is 0 Å². The summed E-state index contributed by atoms with van der Waals surface area (Å²) >= 11 is 5.15. The van der Waals surface area contributed by atoms with Crippen molar-refractivity contribution in [3.8, 4) is 0 Å². The van der Waals surface area contributed by atoms with Crippen molar-refractivity contribution in [2.75, 3.05) is 0 Å². The van der Waals surface area contributed by atoms with Crippen LogP contribution >= 0.6 is 11.6 Å². The molecule has 0 saturated carbocycles. The molecule has 0 rings (SSSR count). The molecule has 0 aromatic rings. The maximum absolute atomic E-state index is 10.4. The molecule has 0 aliphatic carbocycles. The quantitative estimate of drug-likeness (QED) is 0.282. The van der Waals surface area contributed by atoms with Gasteiger partial charge in [-0.25, -0.2) is 0 Å². The van der Waals surface area contributed by atoms with Crippen LogP contribution in [0.25, 0.3) is 0 Å². The van der Waals surface area contributed by atoms with Crippen LogP contribution in [0.2, 0.25) is 0 Å². The van der Waals surface area contributed by atoms with E-state index in [-0.39, 0.29) is 5.41 Å². The lowest BCUT2D eigenvalue weighted by molar-refractivity contribution is -0.379. The van der Waals surface area contributed by atoms with Gasteiger partial charge < -0.3 is 5.73 Å². The lowest BCUT2D eigenvalue weighted by Crippen LogP contribution is -2.59. The zero-order valence-electron chi connectivity index (χ0n) is 7.23. The topological polar surface area (TPSA) is 96.8 Å². The number of rotatable bonds is 1. The summed E-state index contributed by atoms with van der Waals surface area (Å²) in [6.07, 6.45) is 0. The van der Waals surface area contributed by atoms with Gasteiger partial charge in [-0.15, -0.1) is 0 Å². The molecule has 0 unspecified atom stereocenters. The van der Waals surface area contributed by atoms with Crippen LogP contribution in [0, 0.1) is 5.41 Å². The number of halogens is 1. The molecule has 68 valence electrons. The molecule has 0 aliphatic rings. The highest BCUT2D eigenvalue weighted by Gasteiger charge is 2.25. The number of carbonyl (C=O) groups is 1. The van der Waals surface area contributed by atoms with Crippen molar-refractivity contribution in [1.29, 1.82) is 0 Å². The van der Waals surface area contributed by atoms with Crippen molar-refractivity contribution in [3.63, 3.8) is 0 Å². The van der Waals surface area contributed by atoms with E-state index in [2.05, 4.69) is 11.7 Å². The SMILES string of the molecule is CC(C)(C)[C@H](N)C(=O)Cl.N[NH3+]. The average Bonchev–Trinajstić information content (AvgIpc) is 1.89. The van der Waals surface area contributed by atoms with Crippen molar-refractivity contribution >= 4 is 16.8 Å². The third kappa shape index (κ3) is 6.25. The molecule has 4 nitrogen and oxygen atoms in total. The van der Waals surface area contributed by atoms with Crippen molar-refractivity contribution in [2.24, 2.45) is 17.0 Å². The Morgan fingerprint density at radius 1 is 1.45 bits per heavy atom. The van der Waals surface area contributed by atoms with Crippen LogP contribution in [0.1, 0.15) is 20.8 Å². The predicted molar refractivity (Wildman–Crippen MR) is 45.4 cm³/mol. The molecule has 11 heavy (non-hydrogen) atoms. The summed E-state index contributed by atoms with van der Waals surface area (Å²) in [7, 11) is 0. The summed E-state index contributed by atoms with van der Waals surface area (Å²) < 4.78 is 0. The summed E-state index contributed by atoms with van der Waals surface area (Å²) in [5, 5.41) is -0.470. The normalized spacial score (nSPS) is 13.0. The highest BCUT2D eigenvalue weighted by molar-refractivity contribution is 6.64. The smallest absolute Gasteiger partial charge is 0.238 e. The first-order valence-corrected chi connectivity index (χ1v) is 3.59. The number of nitrogens with two attached hydrogens (primary N) is 2. The van der Waals surface area contributed by atoms with Crippen LogP contribution < -0.4 is 17.4 Å². The molecule has 0 aromatic heterocycles. The fourth-order valence-electron chi connectivity index (χ4n) is 0.340. The summed E-state index contributed by atoms with van der Waals surface area (Å²) in [4.78, 5) is 10.4. The Kier molecular flexibility index (Phi) is 6.70. The van der Waals surface area contributed by atoms with Gasteiger partial charge in [-0.05, 0) is 17.0 Å². The zero-order valence-corrected chi connectivity index (χ0v) is 7.98. The summed E-state index contributed by atoms with van der Waals surface area (Å²) in [6, 6.07) is -0.556. The fraction of sp³-hybridized carbons (Fsp3) is 0.833. The first kappa shape index (κ1) is 13.4. The molecule has 0 aromatic carbocycles. The molecule has 0 bridgehead atoms. The first-order chi connectivity index (χ1) is 4.85. The van der Waals surface area contributed by atoms with Crippen LogP contribution in [0.3, 0.4) is 0 Å². The van der Waals surface area contributed by atoms with Crippen molar-refractivity contribution < 1.29 is 10.6 Å². The van der Waals surface area contributed by atoms with Crippen molar-refractivity contribution in [3.05, 3.63) is 0 Å². The van der Waals surface area contributed by atoms with Gasteiger partial charge in [-0.2, -0.15) is 5.84 Å². The monoisotopic (exact) mass is 182 g/mol. The van der Waals surface area contributed by atoms with E-state index in [0.29, 0.717) is 0 Å². The van der Waals surface area contributed by atoms with Crippen molar-refractivity contribution in [2.45, 2.75) is 26.8 Å². The number of hydrogen-bond donors (Lipinski definition) is 3. The third-order valence-corrected chi connectivity index (χ3v) is 1.41. The molecule has 0 saturated heterocycles. The van der Waals surface area contributed by atoms with E-state index >= 15 is 0 Å². The Labute approximate surface area is 72.0 Å². The maximum atomic E-state index is 10.4. The van der Waals surface area contributed by atoms with Crippen molar-refractivity contribution in [1.82, 2.24) is 0 Å². The summed E-state index contributed by atoms with van der Waals surface area (Å²) in [5.74, 6) is 7.00. The number of carbonyl (C=O) groups excluding carboxylic acids is 1. The minimum Gasteiger partial charge on any atom is -0.320 e. The molecule has 0 amide bonds. The van der Waals surface area contributed by atoms with Gasteiger partial charge in [0.05, 0.1) is 6.04 Å². The Morgan fingerprint density at radius 2 is 1.73 bits per heavy atom. The molecular weight excluding hydrogens is 166 g/mol. The zero-order chi connectivity index (χ0) is 9.65. The van der Waals surface area contributed by atoms with Gasteiger partial charge in [0.1, 0.15) is 0 Å². The molecule has 0 spiro atoms. The molecule has 1 atom stereocenters. The van der Waals surface area contributed by atoms with E-state index in [0.717, 1.165) is 0 Å². The summed E-state index contributed by atoms with van der Waals surface area (Å²) in [5.41, 5.74) is 5.19. The van der Waals surface area contributed by atoms with Crippen LogP contribution in [-0.2, 0) is 4.79 Å². The summed E-state index contributed by atoms with van der Waals surface area (Å²) in [6.45, 7) is 5.62. The third-order valence-electron chi connectivity index (χ3n) is 1.18. The highest BCUT2D eigenvalue weighted by Crippen LogP contribution is 2.18. The number of hydrogen-bond acceptors (Lipinski definition) is 3. The molecule has 5 heteroatoms. The first-order valence-electron chi connectivity index (χ1n) is 3.21. The van der Waals surface area contributed by atoms with Crippen LogP contribution in [0.5, 0.6) is 0 Å². The van der Waals surface area contributed by atoms with E-state index < -0.39 is 11.3 Å². The second kappa shape index (κ2) is 5.49. The van der Waals surface area contributed by atoms with Gasteiger partial charge in [0.15, 0.2) is 0 Å². The molecule has 7 N–H and O–H groups in total. The van der Waals surface area contributed by atoms with E-state index in [9.17, 15) is 4.79 Å². The minimum absolute atomic E-state index is 0.223. The van der Waals surface area contributed by atoms with Gasteiger partial charge in [0, 0.05) is 0 Å². The maximum Gasteiger partial charge on any atom is 0.238 e. The predicted octanol–water partition coefficient (Wildman–Crippen LogP) is -0.773. The van der Waals surface area contributed by atoms with E-state index in [1.807, 2.05) is 20.8 Å². The Hall–Kier alpha value is -0.160. The second-order valence-corrected chi connectivity index (χ2v) is 3.52. The fourth-order valence-corrected chi connectivity index (χ4v) is 0.668. The van der Waals surface area contributed by atoms with Gasteiger partial charge in [0.2, 0.25) is 5.24 Å². The minimum atomic E-state index is -0.556. The molecule has 0 radical (unpaired) electrons. The van der Waals surface area contributed by atoms with Crippen LogP contribution in [0.15, 0.2) is 0 Å².